The van der Waals surface area contributed by atoms with E-state index in [1.807, 2.05) is 17.5 Å². The number of furan rings is 1. The normalized spacial score (nSPS) is 19.0. The number of nitrogens with zero attached hydrogens (tertiary/aromatic N) is 1. The summed E-state index contributed by atoms with van der Waals surface area (Å²) in [6.45, 7) is 0.910. The highest BCUT2D eigenvalue weighted by molar-refractivity contribution is 7.14. The summed E-state index contributed by atoms with van der Waals surface area (Å²) >= 11 is 1.40. The van der Waals surface area contributed by atoms with E-state index >= 15 is 0 Å². The monoisotopic (exact) mass is 263 g/mol. The van der Waals surface area contributed by atoms with Crippen LogP contribution in [0.2, 0.25) is 0 Å². The van der Waals surface area contributed by atoms with Crippen LogP contribution in [-0.4, -0.2) is 23.5 Å². The Kier molecular flexibility index (Phi) is 3.12. The van der Waals surface area contributed by atoms with Crippen LogP contribution in [0, 0.1) is 0 Å². The van der Waals surface area contributed by atoms with Crippen molar-refractivity contribution >= 4 is 22.4 Å². The average molecular weight is 263 g/mol. The van der Waals surface area contributed by atoms with Gasteiger partial charge in [-0.25, -0.2) is 4.98 Å². The van der Waals surface area contributed by atoms with E-state index in [4.69, 9.17) is 4.42 Å². The molecule has 3 rings (SSSR count). The molecule has 1 amide bonds. The number of hydrogen-bond donors (Lipinski definition) is 2. The number of anilines is 1. The van der Waals surface area contributed by atoms with Crippen LogP contribution >= 0.6 is 11.3 Å². The number of carbonyl (C=O) groups excluding carboxylic acids is 1. The minimum absolute atomic E-state index is 0.00663. The first-order valence-corrected chi connectivity index (χ1v) is 6.74. The van der Waals surface area contributed by atoms with Crippen LogP contribution in [0.5, 0.6) is 0 Å². The first kappa shape index (κ1) is 11.4. The Morgan fingerprint density at radius 3 is 3.28 bits per heavy atom. The highest BCUT2D eigenvalue weighted by Crippen LogP contribution is 2.25. The number of hydrogen-bond acceptors (Lipinski definition) is 5. The minimum Gasteiger partial charge on any atom is -0.463 e. The lowest BCUT2D eigenvalue weighted by Gasteiger charge is -2.08. The topological polar surface area (TPSA) is 67.2 Å². The molecule has 2 aromatic heterocycles. The van der Waals surface area contributed by atoms with Crippen LogP contribution in [0.15, 0.2) is 28.2 Å². The molecule has 1 fully saturated rings. The van der Waals surface area contributed by atoms with Gasteiger partial charge in [0.25, 0.3) is 0 Å². The summed E-state index contributed by atoms with van der Waals surface area (Å²) in [5, 5.41) is 8.47. The number of carbonyl (C=O) groups is 1. The molecular weight excluding hydrogens is 250 g/mol. The van der Waals surface area contributed by atoms with E-state index in [9.17, 15) is 4.79 Å². The van der Waals surface area contributed by atoms with Gasteiger partial charge in [0, 0.05) is 5.38 Å². The van der Waals surface area contributed by atoms with E-state index in [2.05, 4.69) is 15.6 Å². The van der Waals surface area contributed by atoms with Crippen molar-refractivity contribution in [1.82, 2.24) is 10.3 Å². The average Bonchev–Trinajstić information content (AvgIpc) is 3.12. The van der Waals surface area contributed by atoms with E-state index in [-0.39, 0.29) is 11.9 Å². The first-order chi connectivity index (χ1) is 8.83. The Hall–Kier alpha value is -1.66. The molecule has 5 nitrogen and oxygen atoms in total. The van der Waals surface area contributed by atoms with Gasteiger partial charge in [-0.3, -0.25) is 4.79 Å². The van der Waals surface area contributed by atoms with Gasteiger partial charge in [-0.2, -0.15) is 0 Å². The summed E-state index contributed by atoms with van der Waals surface area (Å²) in [5.41, 5.74) is 0.750. The molecule has 1 aliphatic rings. The van der Waals surface area contributed by atoms with Gasteiger partial charge in [0.15, 0.2) is 10.9 Å². The second-order valence-corrected chi connectivity index (χ2v) is 5.01. The third-order valence-corrected chi connectivity index (χ3v) is 3.64. The molecule has 0 spiro atoms. The van der Waals surface area contributed by atoms with Gasteiger partial charge < -0.3 is 15.1 Å². The maximum Gasteiger partial charge on any atom is 0.243 e. The lowest BCUT2D eigenvalue weighted by Crippen LogP contribution is -2.35. The molecule has 1 atom stereocenters. The van der Waals surface area contributed by atoms with Gasteiger partial charge in [0.05, 0.1) is 12.3 Å². The number of nitrogens with one attached hydrogen (secondary N) is 2. The molecule has 3 heterocycles. The van der Waals surface area contributed by atoms with Crippen molar-refractivity contribution in [3.8, 4) is 11.5 Å². The lowest BCUT2D eigenvalue weighted by atomic mass is 10.2. The van der Waals surface area contributed by atoms with Crippen molar-refractivity contribution in [1.29, 1.82) is 0 Å². The molecule has 94 valence electrons. The Morgan fingerprint density at radius 1 is 1.61 bits per heavy atom. The molecule has 0 bridgehead atoms. The Bertz CT molecular complexity index is 529. The lowest BCUT2D eigenvalue weighted by molar-refractivity contribution is -0.117. The molecule has 0 aliphatic carbocycles. The van der Waals surface area contributed by atoms with Crippen LogP contribution in [0.25, 0.3) is 11.5 Å². The van der Waals surface area contributed by atoms with Crippen LogP contribution in [0.3, 0.4) is 0 Å². The number of thiazole rings is 1. The molecule has 18 heavy (non-hydrogen) atoms. The van der Waals surface area contributed by atoms with Gasteiger partial charge in [-0.05, 0) is 31.5 Å². The summed E-state index contributed by atoms with van der Waals surface area (Å²) in [4.78, 5) is 16.2. The zero-order valence-electron chi connectivity index (χ0n) is 9.68. The summed E-state index contributed by atoms with van der Waals surface area (Å²) in [6.07, 6.45) is 3.55. The minimum atomic E-state index is -0.0824. The molecule has 1 aliphatic heterocycles. The van der Waals surface area contributed by atoms with Gasteiger partial charge >= 0.3 is 0 Å². The number of amides is 1. The fourth-order valence-corrected chi connectivity index (χ4v) is 2.67. The second-order valence-electron chi connectivity index (χ2n) is 4.15. The molecule has 6 heteroatoms. The van der Waals surface area contributed by atoms with Crippen LogP contribution < -0.4 is 10.6 Å². The van der Waals surface area contributed by atoms with E-state index in [1.165, 1.54) is 11.3 Å². The molecule has 2 aromatic rings. The predicted octanol–water partition coefficient (Wildman–Crippen LogP) is 2.09. The molecule has 1 unspecified atom stereocenters. The molecule has 0 radical (unpaired) electrons. The molecular formula is C12H13N3O2S. The molecule has 0 saturated carbocycles. The maximum atomic E-state index is 11.9. The number of aromatic nitrogens is 1. The van der Waals surface area contributed by atoms with E-state index in [0.29, 0.717) is 10.9 Å². The quantitative estimate of drug-likeness (QED) is 0.890. The van der Waals surface area contributed by atoms with E-state index in [0.717, 1.165) is 25.1 Å². The van der Waals surface area contributed by atoms with Crippen molar-refractivity contribution in [2.45, 2.75) is 18.9 Å². The molecule has 1 saturated heterocycles. The van der Waals surface area contributed by atoms with E-state index < -0.39 is 0 Å². The third-order valence-electron chi connectivity index (χ3n) is 2.88. The molecule has 2 N–H and O–H groups in total. The Morgan fingerprint density at radius 2 is 2.56 bits per heavy atom. The Balaban J connectivity index is 1.68. The summed E-state index contributed by atoms with van der Waals surface area (Å²) in [5.74, 6) is 0.707. The Labute approximate surface area is 108 Å². The van der Waals surface area contributed by atoms with Crippen LogP contribution in [-0.2, 0) is 4.79 Å². The van der Waals surface area contributed by atoms with Crippen molar-refractivity contribution in [3.05, 3.63) is 23.8 Å². The third kappa shape index (κ3) is 2.30. The highest BCUT2D eigenvalue weighted by atomic mass is 32.1. The van der Waals surface area contributed by atoms with Crippen molar-refractivity contribution in [2.75, 3.05) is 11.9 Å². The van der Waals surface area contributed by atoms with Crippen LogP contribution in [0.4, 0.5) is 5.13 Å². The van der Waals surface area contributed by atoms with Crippen molar-refractivity contribution in [2.24, 2.45) is 0 Å². The zero-order valence-corrected chi connectivity index (χ0v) is 10.5. The zero-order chi connectivity index (χ0) is 12.4. The predicted molar refractivity (Wildman–Crippen MR) is 69.5 cm³/mol. The SMILES string of the molecule is O=C(Nc1nc(-c2ccco2)cs1)C1CCCN1. The van der Waals surface area contributed by atoms with Gasteiger partial charge in [0.2, 0.25) is 5.91 Å². The fraction of sp³-hybridized carbons (Fsp3) is 0.333. The standard InChI is InChI=1S/C12H13N3O2S/c16-11(8-3-1-5-13-8)15-12-14-9(7-18-12)10-4-2-6-17-10/h2,4,6-8,13H,1,3,5H2,(H,14,15,16). The van der Waals surface area contributed by atoms with Gasteiger partial charge in [-0.1, -0.05) is 0 Å². The van der Waals surface area contributed by atoms with E-state index in [1.54, 1.807) is 6.26 Å². The van der Waals surface area contributed by atoms with Gasteiger partial charge in [-0.15, -0.1) is 11.3 Å². The van der Waals surface area contributed by atoms with Crippen LogP contribution in [0.1, 0.15) is 12.8 Å². The van der Waals surface area contributed by atoms with Gasteiger partial charge in [0.1, 0.15) is 5.69 Å². The smallest absolute Gasteiger partial charge is 0.243 e. The first-order valence-electron chi connectivity index (χ1n) is 5.86. The second kappa shape index (κ2) is 4.91. The molecule has 0 aromatic carbocycles. The summed E-state index contributed by atoms with van der Waals surface area (Å²) in [6, 6.07) is 3.58. The van der Waals surface area contributed by atoms with Crippen molar-refractivity contribution < 1.29 is 9.21 Å². The largest absolute Gasteiger partial charge is 0.463 e. The number of rotatable bonds is 3. The van der Waals surface area contributed by atoms with Crippen molar-refractivity contribution in [3.63, 3.8) is 0 Å². The fourth-order valence-electron chi connectivity index (χ4n) is 1.97. The summed E-state index contributed by atoms with van der Waals surface area (Å²) < 4.78 is 5.26. The highest BCUT2D eigenvalue weighted by Gasteiger charge is 2.22. The maximum absolute atomic E-state index is 11.9. The summed E-state index contributed by atoms with van der Waals surface area (Å²) in [7, 11) is 0.